The lowest BCUT2D eigenvalue weighted by Gasteiger charge is -2.33. The number of nitrogen functional groups attached to an aromatic ring is 4. The Morgan fingerprint density at radius 1 is 0.493 bits per heavy atom. The molecule has 3 saturated heterocycles. The number of amides is 5. The van der Waals surface area contributed by atoms with Gasteiger partial charge in [-0.05, 0) is 155 Å². The molecule has 3 aliphatic rings. The first-order chi connectivity index (χ1) is 33.8. The first-order valence-corrected chi connectivity index (χ1v) is 24.0. The van der Waals surface area contributed by atoms with E-state index in [0.717, 1.165) is 18.9 Å². The van der Waals surface area contributed by atoms with E-state index < -0.39 is 58.6 Å². The predicted octanol–water partition coefficient (Wildman–Crippen LogP) is 8.70. The standard InChI is InChI=1S/2C17H24FN3O3.C11H19NO4.C6H7FN2/c1-17(2,3)24-16(23)21-8-4-5-11(10-21)15(22)20-14-7-6-12(18)9-13(14)19;1-17(2,3)24-16(23)21-8-4-5-11(10-21)15(22)20-14-9-12(18)6-7-13(14)19;1-11(2,3)16-10(15)12-6-4-5-8(7-12)9(13)14;7-4-1-2-5(8)6(9)3-4/h2*6-7,9,11H,4-5,8,10,19H2,1-3H3,(H,20,22);8H,4-7H2,1-3H3,(H,13,14);1-3H,8-9H2/t2*11-;8-;/m111./s1. The Kier molecular flexibility index (Phi) is 21.9. The minimum absolute atomic E-state index is 0.170. The molecule has 11 N–H and O–H groups in total. The van der Waals surface area contributed by atoms with Crippen LogP contribution < -0.4 is 33.6 Å². The van der Waals surface area contributed by atoms with Crippen LogP contribution in [0.2, 0.25) is 0 Å². The van der Waals surface area contributed by atoms with Gasteiger partial charge in [-0.25, -0.2) is 27.6 Å². The minimum Gasteiger partial charge on any atom is -0.481 e. The summed E-state index contributed by atoms with van der Waals surface area (Å²) in [5.41, 5.74) is 22.1. The topological polar surface area (TPSA) is 288 Å². The fourth-order valence-corrected chi connectivity index (χ4v) is 7.34. The lowest BCUT2D eigenvalue weighted by Crippen LogP contribution is -2.45. The summed E-state index contributed by atoms with van der Waals surface area (Å²) in [6, 6.07) is 11.5. The maximum atomic E-state index is 13.3. The molecule has 22 heteroatoms. The number of nitrogens with zero attached hydrogens (tertiary/aromatic N) is 3. The van der Waals surface area contributed by atoms with Crippen LogP contribution in [0.1, 0.15) is 101 Å². The second kappa shape index (κ2) is 26.5. The van der Waals surface area contributed by atoms with Crippen LogP contribution in [0, 0.1) is 35.2 Å². The average Bonchev–Trinajstić information content (AvgIpc) is 3.29. The van der Waals surface area contributed by atoms with Crippen molar-refractivity contribution in [3.8, 4) is 0 Å². The first-order valence-electron chi connectivity index (χ1n) is 24.0. The zero-order valence-corrected chi connectivity index (χ0v) is 43.3. The molecule has 3 atom stereocenters. The van der Waals surface area contributed by atoms with Crippen molar-refractivity contribution >= 4 is 70.2 Å². The van der Waals surface area contributed by atoms with E-state index in [2.05, 4.69) is 10.6 Å². The number of carboxylic acids is 1. The molecule has 3 heterocycles. The number of hydrogen-bond donors (Lipinski definition) is 7. The SMILES string of the molecule is CC(C)(C)OC(=O)N1CCC[C@@H](C(=O)Nc2cc(F)ccc2N)C1.CC(C)(C)OC(=O)N1CCC[C@@H](C(=O)Nc2ccc(F)cc2N)C1.CC(C)(C)OC(=O)N1CCC[C@@H](C(=O)O)C1.Nc1ccc(F)cc1N. The molecular formula is C51H74F3N9O10. The molecule has 0 spiro atoms. The summed E-state index contributed by atoms with van der Waals surface area (Å²) in [5.74, 6) is -3.83. The van der Waals surface area contributed by atoms with Gasteiger partial charge in [-0.3, -0.25) is 14.4 Å². The van der Waals surface area contributed by atoms with E-state index in [9.17, 15) is 41.9 Å². The van der Waals surface area contributed by atoms with Crippen LogP contribution in [0.5, 0.6) is 0 Å². The summed E-state index contributed by atoms with van der Waals surface area (Å²) < 4.78 is 54.5. The molecule has 3 aromatic carbocycles. The Morgan fingerprint density at radius 2 is 0.836 bits per heavy atom. The maximum absolute atomic E-state index is 13.3. The number of carbonyl (C=O) groups excluding carboxylic acids is 5. The van der Waals surface area contributed by atoms with Gasteiger partial charge in [0, 0.05) is 39.3 Å². The highest BCUT2D eigenvalue weighted by Crippen LogP contribution is 2.27. The van der Waals surface area contributed by atoms with Crippen LogP contribution >= 0.6 is 0 Å². The van der Waals surface area contributed by atoms with Crippen molar-refractivity contribution in [3.05, 3.63) is 72.0 Å². The van der Waals surface area contributed by atoms with Crippen LogP contribution in [-0.4, -0.2) is 112 Å². The van der Waals surface area contributed by atoms with Crippen molar-refractivity contribution in [3.63, 3.8) is 0 Å². The Balaban J connectivity index is 0.000000270. The fourth-order valence-electron chi connectivity index (χ4n) is 7.34. The van der Waals surface area contributed by atoms with Crippen LogP contribution in [0.3, 0.4) is 0 Å². The summed E-state index contributed by atoms with van der Waals surface area (Å²) >= 11 is 0. The summed E-state index contributed by atoms with van der Waals surface area (Å²) in [7, 11) is 0. The molecule has 3 aliphatic heterocycles. The third kappa shape index (κ3) is 21.6. The van der Waals surface area contributed by atoms with Crippen LogP contribution in [0.25, 0.3) is 0 Å². The van der Waals surface area contributed by atoms with Crippen molar-refractivity contribution in [1.29, 1.82) is 0 Å². The van der Waals surface area contributed by atoms with Crippen LogP contribution in [0.15, 0.2) is 54.6 Å². The second-order valence-corrected chi connectivity index (χ2v) is 20.8. The number of likely N-dealkylation sites (tertiary alicyclic amines) is 3. The van der Waals surface area contributed by atoms with Crippen LogP contribution in [0.4, 0.5) is 61.7 Å². The van der Waals surface area contributed by atoms with Crippen molar-refractivity contribution in [2.75, 3.05) is 72.8 Å². The molecule has 0 radical (unpaired) electrons. The number of benzene rings is 3. The third-order valence-electron chi connectivity index (χ3n) is 10.9. The number of carbonyl (C=O) groups is 6. The van der Waals surface area contributed by atoms with Crippen molar-refractivity contribution in [2.45, 2.75) is 118 Å². The number of aliphatic carboxylic acids is 1. The number of rotatable bonds is 5. The van der Waals surface area contributed by atoms with E-state index in [-0.39, 0.29) is 59.6 Å². The first kappa shape index (κ1) is 60.2. The molecule has 3 fully saturated rings. The second-order valence-electron chi connectivity index (χ2n) is 20.8. The van der Waals surface area contributed by atoms with Gasteiger partial charge in [0.05, 0.1) is 51.9 Å². The van der Waals surface area contributed by atoms with E-state index in [1.165, 1.54) is 58.3 Å². The van der Waals surface area contributed by atoms with Gasteiger partial charge in [0.15, 0.2) is 0 Å². The fraction of sp³-hybridized carbons (Fsp3) is 0.529. The monoisotopic (exact) mass is 1030 g/mol. The lowest BCUT2D eigenvalue weighted by atomic mass is 9.97. The molecule has 0 aliphatic carbocycles. The molecule has 6 rings (SSSR count). The van der Waals surface area contributed by atoms with Crippen molar-refractivity contribution in [1.82, 2.24) is 14.7 Å². The molecule has 0 unspecified atom stereocenters. The van der Waals surface area contributed by atoms with Crippen molar-refractivity contribution < 1.29 is 61.3 Å². The van der Waals surface area contributed by atoms with Gasteiger partial charge in [-0.1, -0.05) is 0 Å². The maximum Gasteiger partial charge on any atom is 0.410 e. The molecule has 0 aromatic heterocycles. The number of piperidine rings is 3. The quantitative estimate of drug-likeness (QED) is 0.0930. The van der Waals surface area contributed by atoms with Gasteiger partial charge >= 0.3 is 24.2 Å². The molecule has 0 saturated carbocycles. The van der Waals surface area contributed by atoms with E-state index in [1.54, 1.807) is 67.2 Å². The largest absolute Gasteiger partial charge is 0.481 e. The van der Waals surface area contributed by atoms with Crippen molar-refractivity contribution in [2.24, 2.45) is 17.8 Å². The van der Waals surface area contributed by atoms with Gasteiger partial charge in [0.1, 0.15) is 34.3 Å². The Bertz CT molecular complexity index is 2390. The molecule has 0 bridgehead atoms. The number of nitrogens with two attached hydrogens (primary N) is 4. The highest BCUT2D eigenvalue weighted by atomic mass is 19.1. The lowest BCUT2D eigenvalue weighted by molar-refractivity contribution is -0.143. The van der Waals surface area contributed by atoms with Gasteiger partial charge in [0.2, 0.25) is 11.8 Å². The van der Waals surface area contributed by atoms with E-state index in [0.29, 0.717) is 68.9 Å². The summed E-state index contributed by atoms with van der Waals surface area (Å²) in [6.07, 6.45) is 2.84. The molecular weight excluding hydrogens is 956 g/mol. The molecule has 5 amide bonds. The third-order valence-corrected chi connectivity index (χ3v) is 10.9. The molecule has 3 aromatic rings. The zero-order chi connectivity index (χ0) is 55.0. The molecule has 73 heavy (non-hydrogen) atoms. The Hall–Kier alpha value is -7.13. The average molecular weight is 1030 g/mol. The van der Waals surface area contributed by atoms with E-state index >= 15 is 0 Å². The molecule has 404 valence electrons. The number of hydrogen-bond acceptors (Lipinski definition) is 13. The van der Waals surface area contributed by atoms with E-state index in [1.807, 2.05) is 0 Å². The summed E-state index contributed by atoms with van der Waals surface area (Å²) in [5, 5.41) is 14.2. The van der Waals surface area contributed by atoms with Gasteiger partial charge < -0.3 is 67.6 Å². The number of nitrogens with one attached hydrogen (secondary N) is 2. The smallest absolute Gasteiger partial charge is 0.410 e. The van der Waals surface area contributed by atoms with Gasteiger partial charge in [0.25, 0.3) is 0 Å². The number of anilines is 6. The normalized spacial score (nSPS) is 17.9. The van der Waals surface area contributed by atoms with Gasteiger partial charge in [-0.15, -0.1) is 0 Å². The highest BCUT2D eigenvalue weighted by molar-refractivity contribution is 5.96. The zero-order valence-electron chi connectivity index (χ0n) is 43.3. The highest BCUT2D eigenvalue weighted by Gasteiger charge is 2.34. The van der Waals surface area contributed by atoms with Gasteiger partial charge in [-0.2, -0.15) is 0 Å². The summed E-state index contributed by atoms with van der Waals surface area (Å²) in [6.45, 7) is 18.7. The predicted molar refractivity (Wildman–Crippen MR) is 273 cm³/mol. The Morgan fingerprint density at radius 3 is 1.21 bits per heavy atom. The number of ether oxygens (including phenoxy) is 3. The van der Waals surface area contributed by atoms with Crippen LogP contribution in [-0.2, 0) is 28.6 Å². The minimum atomic E-state index is -0.840. The molecule has 19 nitrogen and oxygen atoms in total. The number of halogens is 3. The summed E-state index contributed by atoms with van der Waals surface area (Å²) in [4.78, 5) is 76.2. The number of carboxylic acid groups (broad SMARTS) is 1. The Labute approximate surface area is 425 Å². The van der Waals surface area contributed by atoms with E-state index in [4.69, 9.17) is 42.3 Å².